The van der Waals surface area contributed by atoms with E-state index in [0.717, 1.165) is 53.3 Å². The summed E-state index contributed by atoms with van der Waals surface area (Å²) in [5.74, 6) is -4.67. The highest BCUT2D eigenvalue weighted by Gasteiger charge is 2.35. The molecule has 1 unspecified atom stereocenters. The van der Waals surface area contributed by atoms with Crippen LogP contribution in [0.15, 0.2) is 73.6 Å². The zero-order valence-electron chi connectivity index (χ0n) is 30.6. The van der Waals surface area contributed by atoms with Crippen molar-refractivity contribution >= 4 is 25.4 Å². The van der Waals surface area contributed by atoms with Crippen molar-refractivity contribution < 1.29 is 53.4 Å². The van der Waals surface area contributed by atoms with Crippen LogP contribution >= 0.6 is 0 Å². The Balaban J connectivity index is 0.000000196. The van der Waals surface area contributed by atoms with Crippen molar-refractivity contribution in [2.24, 2.45) is 14.1 Å². The van der Waals surface area contributed by atoms with Gasteiger partial charge < -0.3 is 15.4 Å². The van der Waals surface area contributed by atoms with Gasteiger partial charge in [-0.25, -0.2) is 27.5 Å². The molecular formula is C36H29BF10N10O2. The maximum Gasteiger partial charge on any atom is 0.435 e. The number of ether oxygens (including phenoxy) is 1. The molecule has 0 bridgehead atoms. The van der Waals surface area contributed by atoms with Crippen molar-refractivity contribution in [2.45, 2.75) is 37.7 Å². The first-order valence-corrected chi connectivity index (χ1v) is 17.0. The molecule has 59 heavy (non-hydrogen) atoms. The third-order valence-corrected chi connectivity index (χ3v) is 8.14. The number of aryl methyl sites for hydroxylation is 2. The van der Waals surface area contributed by atoms with Gasteiger partial charge in [0.25, 0.3) is 5.91 Å². The number of hydrogen-bond acceptors (Lipinski definition) is 9. The SMILES string of the molecule is Cn1nc(C(F)(F)F)cc1-c1ccc(NC(=O)c2c(F)cncc2F)nc1.Cn1nc(C(F)(F)F)cc1-c1ccc(NCc2c(F)cncc2F)nc1.[B]C1CCCO1. The van der Waals surface area contributed by atoms with Crippen molar-refractivity contribution in [1.82, 2.24) is 39.5 Å². The Morgan fingerprint density at radius 2 is 1.22 bits per heavy atom. The summed E-state index contributed by atoms with van der Waals surface area (Å²) in [5.41, 5.74) is -1.95. The van der Waals surface area contributed by atoms with Crippen molar-refractivity contribution in [3.8, 4) is 22.5 Å². The first-order chi connectivity index (χ1) is 27.8. The summed E-state index contributed by atoms with van der Waals surface area (Å²) < 4.78 is 138. The van der Waals surface area contributed by atoms with E-state index >= 15 is 0 Å². The molecule has 2 radical (unpaired) electrons. The maximum absolute atomic E-state index is 13.5. The van der Waals surface area contributed by atoms with Crippen LogP contribution in [0, 0.1) is 23.3 Å². The molecule has 0 spiro atoms. The van der Waals surface area contributed by atoms with Gasteiger partial charge in [-0.05, 0) is 49.2 Å². The Morgan fingerprint density at radius 3 is 1.59 bits per heavy atom. The molecule has 7 heterocycles. The number of nitrogens with one attached hydrogen (secondary N) is 2. The molecule has 0 aromatic carbocycles. The molecule has 1 atom stereocenters. The highest BCUT2D eigenvalue weighted by Crippen LogP contribution is 2.33. The number of halogens is 10. The minimum Gasteiger partial charge on any atom is -0.388 e. The normalized spacial score (nSPS) is 13.9. The molecule has 308 valence electrons. The minimum absolute atomic E-state index is 0.0439. The zero-order chi connectivity index (χ0) is 43.1. The van der Waals surface area contributed by atoms with E-state index in [1.54, 1.807) is 0 Å². The van der Waals surface area contributed by atoms with Crippen LogP contribution in [0.1, 0.15) is 40.2 Å². The number of carbonyl (C=O) groups is 1. The van der Waals surface area contributed by atoms with Crippen LogP contribution in [0.2, 0.25) is 0 Å². The second-order valence-electron chi connectivity index (χ2n) is 12.4. The molecule has 1 fully saturated rings. The molecule has 6 aromatic heterocycles. The molecule has 6 aromatic rings. The van der Waals surface area contributed by atoms with E-state index in [0.29, 0.717) is 29.3 Å². The number of alkyl halides is 6. The summed E-state index contributed by atoms with van der Waals surface area (Å²) in [6.45, 7) is 0.706. The minimum atomic E-state index is -4.59. The molecule has 12 nitrogen and oxygen atoms in total. The molecule has 2 N–H and O–H groups in total. The molecule has 0 aliphatic carbocycles. The Labute approximate surface area is 329 Å². The lowest BCUT2D eigenvalue weighted by Gasteiger charge is -2.08. The van der Waals surface area contributed by atoms with E-state index in [2.05, 4.69) is 40.8 Å². The third-order valence-electron chi connectivity index (χ3n) is 8.14. The lowest BCUT2D eigenvalue weighted by atomic mass is 9.98. The number of nitrogens with zero attached hydrogens (tertiary/aromatic N) is 8. The summed E-state index contributed by atoms with van der Waals surface area (Å²) in [7, 11) is 8.05. The number of anilines is 2. The fourth-order valence-electron chi connectivity index (χ4n) is 5.22. The Bertz CT molecular complexity index is 2320. The average molecular weight is 834 g/mol. The van der Waals surface area contributed by atoms with Crippen molar-refractivity contribution in [2.75, 3.05) is 17.2 Å². The van der Waals surface area contributed by atoms with Crippen LogP contribution < -0.4 is 10.6 Å². The monoisotopic (exact) mass is 834 g/mol. The Hall–Kier alpha value is -6.39. The van der Waals surface area contributed by atoms with Crippen molar-refractivity contribution in [3.63, 3.8) is 0 Å². The summed E-state index contributed by atoms with van der Waals surface area (Å²) >= 11 is 0. The smallest absolute Gasteiger partial charge is 0.388 e. The van der Waals surface area contributed by atoms with Gasteiger partial charge in [-0.2, -0.15) is 36.5 Å². The maximum atomic E-state index is 13.5. The van der Waals surface area contributed by atoms with E-state index in [4.69, 9.17) is 12.6 Å². The van der Waals surface area contributed by atoms with Gasteiger partial charge >= 0.3 is 12.4 Å². The molecule has 1 aliphatic rings. The van der Waals surface area contributed by atoms with E-state index in [-0.39, 0.29) is 35.3 Å². The largest absolute Gasteiger partial charge is 0.435 e. The average Bonchev–Trinajstić information content (AvgIpc) is 3.92. The molecular weight excluding hydrogens is 805 g/mol. The summed E-state index contributed by atoms with van der Waals surface area (Å²) in [6, 6.07) is 7.52. The molecule has 1 aliphatic heterocycles. The molecule has 23 heteroatoms. The zero-order valence-corrected chi connectivity index (χ0v) is 30.6. The fourth-order valence-corrected chi connectivity index (χ4v) is 5.22. The van der Waals surface area contributed by atoms with Gasteiger partial charge in [0.15, 0.2) is 23.0 Å². The van der Waals surface area contributed by atoms with Crippen LogP contribution in [0.3, 0.4) is 0 Å². The van der Waals surface area contributed by atoms with Crippen molar-refractivity contribution in [3.05, 3.63) is 119 Å². The number of aromatic nitrogens is 8. The van der Waals surface area contributed by atoms with Crippen molar-refractivity contribution in [1.29, 1.82) is 0 Å². The van der Waals surface area contributed by atoms with Crippen LogP contribution in [-0.2, 0) is 37.7 Å². The van der Waals surface area contributed by atoms with Gasteiger partial charge in [0.1, 0.15) is 36.7 Å². The lowest BCUT2D eigenvalue weighted by Crippen LogP contribution is -2.17. The molecule has 1 saturated heterocycles. The first-order valence-electron chi connectivity index (χ1n) is 17.0. The number of pyridine rings is 4. The van der Waals surface area contributed by atoms with Gasteiger partial charge in [-0.1, -0.05) is 0 Å². The van der Waals surface area contributed by atoms with Gasteiger partial charge in [-0.3, -0.25) is 24.1 Å². The second-order valence-corrected chi connectivity index (χ2v) is 12.4. The summed E-state index contributed by atoms with van der Waals surface area (Å²) in [6.07, 6.45) is -1.22. The highest BCUT2D eigenvalue weighted by atomic mass is 19.4. The van der Waals surface area contributed by atoms with Gasteiger partial charge in [-0.15, -0.1) is 0 Å². The molecule has 7 rings (SSSR count). The van der Waals surface area contributed by atoms with Crippen LogP contribution in [0.5, 0.6) is 0 Å². The standard InChI is InChI=1S/C16H10F5N5O.C16H12F5N5.C4H7BO/c1-26-11(4-12(25-26)16(19,20)21)8-2-3-13(23-5-8)24-15(27)14-9(17)6-22-7-10(14)18;1-26-13(4-14(25-26)16(19,20)21)9-2-3-15(23-5-9)24-6-10-11(17)7-22-8-12(10)18;5-4-2-1-3-6-4/h2-7H,1H3,(H,23,24,27);2-5,7-8H,6H2,1H3,(H,23,24);4H,1-3H2. The predicted molar refractivity (Wildman–Crippen MR) is 191 cm³/mol. The van der Waals surface area contributed by atoms with Crippen LogP contribution in [0.4, 0.5) is 55.5 Å². The third kappa shape index (κ3) is 11.4. The highest BCUT2D eigenvalue weighted by molar-refractivity contribution is 6.11. The quantitative estimate of drug-likeness (QED) is 0.124. The fraction of sp³-hybridized carbons (Fsp3) is 0.250. The number of hydrogen-bond donors (Lipinski definition) is 2. The van der Waals surface area contributed by atoms with Gasteiger partial charge in [0, 0.05) is 62.3 Å². The summed E-state index contributed by atoms with van der Waals surface area (Å²) in [4.78, 5) is 26.6. The first kappa shape index (κ1) is 43.7. The van der Waals surface area contributed by atoms with E-state index in [1.165, 1.54) is 50.8 Å². The van der Waals surface area contributed by atoms with Crippen LogP contribution in [-0.4, -0.2) is 65.9 Å². The van der Waals surface area contributed by atoms with E-state index in [9.17, 15) is 48.7 Å². The second kappa shape index (κ2) is 18.5. The van der Waals surface area contributed by atoms with Gasteiger partial charge in [0.05, 0.1) is 36.2 Å². The van der Waals surface area contributed by atoms with Crippen LogP contribution in [0.25, 0.3) is 22.5 Å². The van der Waals surface area contributed by atoms with E-state index < -0.39 is 58.5 Å². The summed E-state index contributed by atoms with van der Waals surface area (Å²) in [5, 5.41) is 11.8. The topological polar surface area (TPSA) is 138 Å². The van der Waals surface area contributed by atoms with E-state index in [1.807, 2.05) is 0 Å². The lowest BCUT2D eigenvalue weighted by molar-refractivity contribution is -0.142. The number of rotatable bonds is 7. The predicted octanol–water partition coefficient (Wildman–Crippen LogP) is 7.50. The Morgan fingerprint density at radius 1 is 0.746 bits per heavy atom. The molecule has 0 saturated carbocycles. The Kier molecular flexibility index (Phi) is 13.7. The van der Waals surface area contributed by atoms with Gasteiger partial charge in [0.2, 0.25) is 0 Å². The molecule has 1 amide bonds. The number of carbonyl (C=O) groups excluding carboxylic acids is 1. The number of amides is 1.